The molecule has 0 spiro atoms. The monoisotopic (exact) mass is 302 g/mol. The van der Waals surface area contributed by atoms with Gasteiger partial charge in [-0.1, -0.05) is 23.1 Å². The quantitative estimate of drug-likeness (QED) is 0.368. The van der Waals surface area contributed by atoms with Crippen molar-refractivity contribution in [3.05, 3.63) is 6.33 Å². The average molecular weight is 302 g/mol. The van der Waals surface area contributed by atoms with Crippen LogP contribution in [0.5, 0.6) is 5.75 Å². The van der Waals surface area contributed by atoms with E-state index >= 15 is 0 Å². The Morgan fingerprint density at radius 3 is 2.72 bits per heavy atom. The zero-order valence-electron chi connectivity index (χ0n) is 9.58. The van der Waals surface area contributed by atoms with Gasteiger partial charge in [0.1, 0.15) is 6.33 Å². The Morgan fingerprint density at radius 1 is 1.33 bits per heavy atom. The number of anilines is 1. The highest BCUT2D eigenvalue weighted by atomic mass is 32.2. The number of hydrazine groups is 1. The summed E-state index contributed by atoms with van der Waals surface area (Å²) in [5, 5.41) is 8.71. The van der Waals surface area contributed by atoms with Gasteiger partial charge in [0.15, 0.2) is 25.3 Å². The van der Waals surface area contributed by atoms with E-state index in [1.54, 1.807) is 11.8 Å². The maximum atomic E-state index is 5.36. The van der Waals surface area contributed by atoms with E-state index in [4.69, 9.17) is 10.6 Å². The molecule has 2 heterocycles. The molecule has 0 saturated carbocycles. The molecule has 0 aliphatic heterocycles. The van der Waals surface area contributed by atoms with Crippen molar-refractivity contribution in [2.45, 2.75) is 13.7 Å². The van der Waals surface area contributed by atoms with Crippen LogP contribution in [0.2, 0.25) is 0 Å². The first kappa shape index (κ1) is 13.3. The number of methoxy groups -OCH3 is 1. The first-order valence-corrected chi connectivity index (χ1v) is 7.55. The molecule has 3 N–H and O–H groups in total. The SMILES string of the molecule is COc1c(NN)ncnc1Sc1nnc(SC)s1. The van der Waals surface area contributed by atoms with Crippen LogP contribution in [0.4, 0.5) is 5.82 Å². The first-order valence-electron chi connectivity index (χ1n) is 4.69. The van der Waals surface area contributed by atoms with E-state index in [2.05, 4.69) is 25.6 Å². The Kier molecular flexibility index (Phi) is 4.58. The third kappa shape index (κ3) is 2.83. The van der Waals surface area contributed by atoms with Gasteiger partial charge in [-0.05, 0) is 18.0 Å². The van der Waals surface area contributed by atoms with Crippen LogP contribution < -0.4 is 16.0 Å². The van der Waals surface area contributed by atoms with Gasteiger partial charge in [0.25, 0.3) is 0 Å². The summed E-state index contributed by atoms with van der Waals surface area (Å²) in [6.07, 6.45) is 3.37. The largest absolute Gasteiger partial charge is 0.490 e. The molecule has 0 amide bonds. The van der Waals surface area contributed by atoms with Crippen molar-refractivity contribution >= 4 is 40.7 Å². The molecule has 0 aliphatic carbocycles. The fourth-order valence-electron chi connectivity index (χ4n) is 1.12. The van der Waals surface area contributed by atoms with E-state index in [1.807, 2.05) is 6.26 Å². The van der Waals surface area contributed by atoms with E-state index in [0.29, 0.717) is 16.6 Å². The lowest BCUT2D eigenvalue weighted by Crippen LogP contribution is -2.10. The number of hydrogen-bond acceptors (Lipinski definition) is 10. The van der Waals surface area contributed by atoms with Crippen LogP contribution in [-0.2, 0) is 0 Å². The number of nitrogens with two attached hydrogens (primary N) is 1. The van der Waals surface area contributed by atoms with E-state index in [-0.39, 0.29) is 0 Å². The Morgan fingerprint density at radius 2 is 2.11 bits per heavy atom. The van der Waals surface area contributed by atoms with Gasteiger partial charge in [0.2, 0.25) is 0 Å². The molecule has 2 aromatic heterocycles. The van der Waals surface area contributed by atoms with E-state index in [1.165, 1.54) is 36.5 Å². The van der Waals surface area contributed by atoms with E-state index < -0.39 is 0 Å². The van der Waals surface area contributed by atoms with E-state index in [9.17, 15) is 0 Å². The number of nitrogens with zero attached hydrogens (tertiary/aromatic N) is 4. The minimum atomic E-state index is 0.435. The van der Waals surface area contributed by atoms with Crippen LogP contribution in [0, 0.1) is 0 Å². The Hall–Kier alpha value is -1.10. The molecule has 0 aliphatic rings. The molecule has 0 atom stereocenters. The lowest BCUT2D eigenvalue weighted by atomic mass is 10.5. The molecule has 0 saturated heterocycles. The van der Waals surface area contributed by atoms with Gasteiger partial charge in [0.05, 0.1) is 7.11 Å². The Labute approximate surface area is 116 Å². The summed E-state index contributed by atoms with van der Waals surface area (Å²) in [6.45, 7) is 0. The predicted octanol–water partition coefficient (Wildman–Crippen LogP) is 1.50. The van der Waals surface area contributed by atoms with Crippen molar-refractivity contribution in [3.8, 4) is 5.75 Å². The number of thioether (sulfide) groups is 1. The van der Waals surface area contributed by atoms with Crippen LogP contribution in [0.3, 0.4) is 0 Å². The third-order valence-electron chi connectivity index (χ3n) is 1.86. The molecular weight excluding hydrogens is 292 g/mol. The Balaban J connectivity index is 2.28. The molecule has 2 rings (SSSR count). The molecule has 96 valence electrons. The fourth-order valence-corrected chi connectivity index (χ4v) is 3.54. The lowest BCUT2D eigenvalue weighted by Gasteiger charge is -2.08. The summed E-state index contributed by atoms with van der Waals surface area (Å²) in [4.78, 5) is 8.12. The highest BCUT2D eigenvalue weighted by Gasteiger charge is 2.15. The number of nitrogen functional groups attached to an aromatic ring is 1. The number of aromatic nitrogens is 4. The molecular formula is C8H10N6OS3. The second-order valence-electron chi connectivity index (χ2n) is 2.85. The molecule has 0 unspecified atom stereocenters. The minimum absolute atomic E-state index is 0.435. The highest BCUT2D eigenvalue weighted by Crippen LogP contribution is 2.38. The second kappa shape index (κ2) is 6.18. The van der Waals surface area contributed by atoms with Gasteiger partial charge >= 0.3 is 0 Å². The summed E-state index contributed by atoms with van der Waals surface area (Å²) < 4.78 is 6.93. The van der Waals surface area contributed by atoms with Gasteiger partial charge in [0, 0.05) is 0 Å². The molecule has 0 radical (unpaired) electrons. The highest BCUT2D eigenvalue weighted by molar-refractivity contribution is 8.03. The van der Waals surface area contributed by atoms with Crippen molar-refractivity contribution in [2.75, 3.05) is 18.8 Å². The van der Waals surface area contributed by atoms with Gasteiger partial charge in [-0.15, -0.1) is 10.2 Å². The standard InChI is InChI=1S/C8H10N6OS3/c1-15-4-5(12-9)10-3-11-6(4)17-8-14-13-7(16-2)18-8/h3H,9H2,1-2H3,(H,10,11,12). The summed E-state index contributed by atoms with van der Waals surface area (Å²) in [6, 6.07) is 0. The molecule has 7 nitrogen and oxygen atoms in total. The second-order valence-corrected chi connectivity index (χ2v) is 6.11. The fraction of sp³-hybridized carbons (Fsp3) is 0.250. The molecule has 0 fully saturated rings. The van der Waals surface area contributed by atoms with Gasteiger partial charge < -0.3 is 10.2 Å². The number of nitrogens with one attached hydrogen (secondary N) is 1. The smallest absolute Gasteiger partial charge is 0.195 e. The molecule has 0 bridgehead atoms. The number of hydrogen-bond donors (Lipinski definition) is 2. The summed E-state index contributed by atoms with van der Waals surface area (Å²) >= 11 is 4.41. The molecule has 2 aromatic rings. The topological polar surface area (TPSA) is 98.8 Å². The van der Waals surface area contributed by atoms with Gasteiger partial charge in [-0.2, -0.15) is 0 Å². The molecule has 18 heavy (non-hydrogen) atoms. The summed E-state index contributed by atoms with van der Waals surface area (Å²) in [5.74, 6) is 6.28. The molecule has 10 heteroatoms. The van der Waals surface area contributed by atoms with Crippen LogP contribution in [-0.4, -0.2) is 33.5 Å². The third-order valence-corrected chi connectivity index (χ3v) is 4.79. The number of ether oxygens (including phenoxy) is 1. The summed E-state index contributed by atoms with van der Waals surface area (Å²) in [7, 11) is 1.54. The van der Waals surface area contributed by atoms with Crippen LogP contribution in [0.15, 0.2) is 20.0 Å². The average Bonchev–Trinajstić information content (AvgIpc) is 2.86. The van der Waals surface area contributed by atoms with Crippen molar-refractivity contribution < 1.29 is 4.74 Å². The molecule has 0 aromatic carbocycles. The van der Waals surface area contributed by atoms with Crippen LogP contribution in [0.25, 0.3) is 0 Å². The van der Waals surface area contributed by atoms with Gasteiger partial charge in [-0.25, -0.2) is 15.8 Å². The predicted molar refractivity (Wildman–Crippen MR) is 72.2 cm³/mol. The number of rotatable bonds is 5. The van der Waals surface area contributed by atoms with Crippen LogP contribution in [0.1, 0.15) is 0 Å². The lowest BCUT2D eigenvalue weighted by molar-refractivity contribution is 0.400. The van der Waals surface area contributed by atoms with Crippen molar-refractivity contribution in [3.63, 3.8) is 0 Å². The maximum absolute atomic E-state index is 5.36. The van der Waals surface area contributed by atoms with Crippen LogP contribution >= 0.6 is 34.9 Å². The normalized spacial score (nSPS) is 10.4. The summed E-state index contributed by atoms with van der Waals surface area (Å²) in [5.41, 5.74) is 2.46. The zero-order chi connectivity index (χ0) is 13.0. The van der Waals surface area contributed by atoms with Crippen molar-refractivity contribution in [2.24, 2.45) is 5.84 Å². The van der Waals surface area contributed by atoms with Crippen molar-refractivity contribution in [1.82, 2.24) is 20.2 Å². The van der Waals surface area contributed by atoms with Crippen molar-refractivity contribution in [1.29, 1.82) is 0 Å². The zero-order valence-corrected chi connectivity index (χ0v) is 12.0. The maximum Gasteiger partial charge on any atom is 0.195 e. The van der Waals surface area contributed by atoms with E-state index in [0.717, 1.165) is 8.68 Å². The first-order chi connectivity index (χ1) is 8.78. The van der Waals surface area contributed by atoms with Gasteiger partial charge in [-0.3, -0.25) is 0 Å². The minimum Gasteiger partial charge on any atom is -0.490 e. The Bertz CT molecular complexity index is 533.